The Morgan fingerprint density at radius 1 is 1.07 bits per heavy atom. The van der Waals surface area contributed by atoms with Gasteiger partial charge < -0.3 is 5.32 Å². The van der Waals surface area contributed by atoms with Crippen LogP contribution in [0.5, 0.6) is 0 Å². The predicted octanol–water partition coefficient (Wildman–Crippen LogP) is 4.28. The maximum Gasteiger partial charge on any atom is 0.241 e. The van der Waals surface area contributed by atoms with Crippen LogP contribution in [-0.2, 0) is 21.2 Å². The van der Waals surface area contributed by atoms with Crippen molar-refractivity contribution in [1.82, 2.24) is 10.0 Å². The maximum absolute atomic E-state index is 13.2. The van der Waals surface area contributed by atoms with Gasteiger partial charge in [-0.2, -0.15) is 4.72 Å². The minimum atomic E-state index is -3.84. The van der Waals surface area contributed by atoms with Gasteiger partial charge in [0, 0.05) is 10.5 Å². The standard InChI is InChI=1S/C23H29BrN2O3S/c1-16-7-6-10-21(17(16)2)25-23(27)22(15-18-8-4-3-5-9-18)26-30(28,29)20-13-11-19(24)12-14-20/h3-5,8-9,11-14,16-17,21-22,26H,6-7,10,15H2,1-2H3,(H,25,27). The minimum absolute atomic E-state index is 0.0664. The van der Waals surface area contributed by atoms with Crippen LogP contribution in [0.15, 0.2) is 64.0 Å². The third-order valence-electron chi connectivity index (χ3n) is 6.05. The molecule has 2 aromatic rings. The quantitative estimate of drug-likeness (QED) is 0.605. The molecule has 0 bridgehead atoms. The van der Waals surface area contributed by atoms with Crippen LogP contribution in [-0.4, -0.2) is 26.4 Å². The number of nitrogens with one attached hydrogen (secondary N) is 2. The average Bonchev–Trinajstić information content (AvgIpc) is 2.72. The van der Waals surface area contributed by atoms with E-state index in [-0.39, 0.29) is 16.8 Å². The van der Waals surface area contributed by atoms with E-state index in [1.54, 1.807) is 12.1 Å². The largest absolute Gasteiger partial charge is 0.352 e. The lowest BCUT2D eigenvalue weighted by molar-refractivity contribution is -0.124. The molecule has 1 aliphatic rings. The molecule has 0 aromatic heterocycles. The van der Waals surface area contributed by atoms with Crippen LogP contribution in [0, 0.1) is 11.8 Å². The molecular weight excluding hydrogens is 464 g/mol. The summed E-state index contributed by atoms with van der Waals surface area (Å²) in [6.45, 7) is 4.37. The SMILES string of the molecule is CC1CCCC(NC(=O)C(Cc2ccccc2)NS(=O)(=O)c2ccc(Br)cc2)C1C. The molecule has 5 nitrogen and oxygen atoms in total. The molecule has 0 spiro atoms. The van der Waals surface area contributed by atoms with Crippen molar-refractivity contribution in [3.05, 3.63) is 64.6 Å². The van der Waals surface area contributed by atoms with Crippen LogP contribution < -0.4 is 10.0 Å². The molecule has 1 aliphatic carbocycles. The van der Waals surface area contributed by atoms with Gasteiger partial charge in [-0.05, 0) is 54.5 Å². The molecule has 0 heterocycles. The van der Waals surface area contributed by atoms with E-state index in [2.05, 4.69) is 39.8 Å². The number of amides is 1. The zero-order valence-corrected chi connectivity index (χ0v) is 19.7. The summed E-state index contributed by atoms with van der Waals surface area (Å²) in [6, 6.07) is 15.1. The molecule has 2 N–H and O–H groups in total. The molecule has 0 radical (unpaired) electrons. The van der Waals surface area contributed by atoms with Gasteiger partial charge in [-0.25, -0.2) is 8.42 Å². The third-order valence-corrected chi connectivity index (χ3v) is 8.07. The smallest absolute Gasteiger partial charge is 0.241 e. The molecule has 0 aliphatic heterocycles. The topological polar surface area (TPSA) is 75.3 Å². The minimum Gasteiger partial charge on any atom is -0.352 e. The summed E-state index contributed by atoms with van der Waals surface area (Å²) in [5.74, 6) is 0.629. The highest BCUT2D eigenvalue weighted by Crippen LogP contribution is 2.29. The van der Waals surface area contributed by atoms with E-state index < -0.39 is 16.1 Å². The van der Waals surface area contributed by atoms with E-state index in [1.165, 1.54) is 12.1 Å². The lowest BCUT2D eigenvalue weighted by Crippen LogP contribution is -2.53. The van der Waals surface area contributed by atoms with Crippen molar-refractivity contribution >= 4 is 31.9 Å². The fraction of sp³-hybridized carbons (Fsp3) is 0.435. The molecule has 1 fully saturated rings. The number of benzene rings is 2. The van der Waals surface area contributed by atoms with E-state index in [9.17, 15) is 13.2 Å². The number of carbonyl (C=O) groups is 1. The van der Waals surface area contributed by atoms with Crippen molar-refractivity contribution in [3.63, 3.8) is 0 Å². The first-order chi connectivity index (χ1) is 14.3. The van der Waals surface area contributed by atoms with Crippen LogP contribution in [0.4, 0.5) is 0 Å². The van der Waals surface area contributed by atoms with Gasteiger partial charge in [0.05, 0.1) is 4.90 Å². The molecule has 4 unspecified atom stereocenters. The summed E-state index contributed by atoms with van der Waals surface area (Å²) < 4.78 is 29.3. The summed E-state index contributed by atoms with van der Waals surface area (Å²) in [6.07, 6.45) is 3.45. The Bertz CT molecular complexity index is 948. The Balaban J connectivity index is 1.80. The molecule has 1 saturated carbocycles. The summed E-state index contributed by atoms with van der Waals surface area (Å²) in [5.41, 5.74) is 0.904. The van der Waals surface area contributed by atoms with Crippen molar-refractivity contribution in [2.24, 2.45) is 11.8 Å². The van der Waals surface area contributed by atoms with Gasteiger partial charge in [0.15, 0.2) is 0 Å². The predicted molar refractivity (Wildman–Crippen MR) is 123 cm³/mol. The average molecular weight is 493 g/mol. The van der Waals surface area contributed by atoms with Crippen molar-refractivity contribution in [2.45, 2.75) is 56.5 Å². The highest BCUT2D eigenvalue weighted by molar-refractivity contribution is 9.10. The normalized spacial score (nSPS) is 23.0. The Hall–Kier alpha value is -1.70. The summed E-state index contributed by atoms with van der Waals surface area (Å²) in [5, 5.41) is 3.13. The molecule has 1 amide bonds. The zero-order chi connectivity index (χ0) is 21.7. The van der Waals surface area contributed by atoms with Gasteiger partial charge in [-0.1, -0.05) is 73.0 Å². The van der Waals surface area contributed by atoms with Crippen LogP contribution in [0.2, 0.25) is 0 Å². The highest BCUT2D eigenvalue weighted by atomic mass is 79.9. The second kappa shape index (κ2) is 10.1. The first-order valence-corrected chi connectivity index (χ1v) is 12.7. The molecule has 162 valence electrons. The molecule has 4 atom stereocenters. The first-order valence-electron chi connectivity index (χ1n) is 10.4. The number of hydrogen-bond donors (Lipinski definition) is 2. The molecule has 30 heavy (non-hydrogen) atoms. The zero-order valence-electron chi connectivity index (χ0n) is 17.3. The summed E-state index contributed by atoms with van der Waals surface area (Å²) in [4.78, 5) is 13.3. The monoisotopic (exact) mass is 492 g/mol. The Morgan fingerprint density at radius 2 is 1.73 bits per heavy atom. The molecule has 0 saturated heterocycles. The van der Waals surface area contributed by atoms with Crippen LogP contribution in [0.1, 0.15) is 38.7 Å². The first kappa shape index (κ1) is 23.0. The number of halogens is 1. The van der Waals surface area contributed by atoms with Crippen LogP contribution >= 0.6 is 15.9 Å². The number of sulfonamides is 1. The van der Waals surface area contributed by atoms with Gasteiger partial charge in [0.1, 0.15) is 6.04 Å². The number of carbonyl (C=O) groups excluding carboxylic acids is 1. The lowest BCUT2D eigenvalue weighted by atomic mass is 9.78. The van der Waals surface area contributed by atoms with Crippen molar-refractivity contribution in [2.75, 3.05) is 0 Å². The fourth-order valence-corrected chi connectivity index (χ4v) is 5.44. The maximum atomic E-state index is 13.2. The number of rotatable bonds is 7. The Morgan fingerprint density at radius 3 is 2.40 bits per heavy atom. The van der Waals surface area contributed by atoms with Crippen LogP contribution in [0.3, 0.4) is 0 Å². The summed E-state index contributed by atoms with van der Waals surface area (Å²) in [7, 11) is -3.84. The van der Waals surface area contributed by atoms with E-state index in [0.717, 1.165) is 29.3 Å². The van der Waals surface area contributed by atoms with Crippen molar-refractivity contribution in [3.8, 4) is 0 Å². The second-order valence-electron chi connectivity index (χ2n) is 8.20. The van der Waals surface area contributed by atoms with E-state index in [0.29, 0.717) is 18.3 Å². The Labute approximate surface area is 187 Å². The summed E-state index contributed by atoms with van der Waals surface area (Å²) >= 11 is 3.32. The molecular formula is C23H29BrN2O3S. The molecule has 3 rings (SSSR count). The molecule has 7 heteroatoms. The molecule has 2 aromatic carbocycles. The highest BCUT2D eigenvalue weighted by Gasteiger charge is 2.32. The van der Waals surface area contributed by atoms with Gasteiger partial charge in [0.25, 0.3) is 0 Å². The van der Waals surface area contributed by atoms with Gasteiger partial charge in [-0.15, -0.1) is 0 Å². The van der Waals surface area contributed by atoms with E-state index >= 15 is 0 Å². The van der Waals surface area contributed by atoms with Crippen LogP contribution in [0.25, 0.3) is 0 Å². The van der Waals surface area contributed by atoms with E-state index in [4.69, 9.17) is 0 Å². The van der Waals surface area contributed by atoms with Gasteiger partial charge in [-0.3, -0.25) is 4.79 Å². The van der Waals surface area contributed by atoms with Crippen molar-refractivity contribution in [1.29, 1.82) is 0 Å². The Kier molecular flexibility index (Phi) is 7.71. The van der Waals surface area contributed by atoms with Gasteiger partial charge >= 0.3 is 0 Å². The number of hydrogen-bond acceptors (Lipinski definition) is 3. The lowest BCUT2D eigenvalue weighted by Gasteiger charge is -2.35. The van der Waals surface area contributed by atoms with E-state index in [1.807, 2.05) is 30.3 Å². The second-order valence-corrected chi connectivity index (χ2v) is 10.8. The fourth-order valence-electron chi connectivity index (χ4n) is 3.98. The van der Waals surface area contributed by atoms with Gasteiger partial charge in [0.2, 0.25) is 15.9 Å². The third kappa shape index (κ3) is 5.93. The van der Waals surface area contributed by atoms with Crippen molar-refractivity contribution < 1.29 is 13.2 Å².